The van der Waals surface area contributed by atoms with E-state index in [0.717, 1.165) is 24.2 Å². The van der Waals surface area contributed by atoms with Gasteiger partial charge >= 0.3 is 0 Å². The number of amides is 1. The third-order valence-corrected chi connectivity index (χ3v) is 4.14. The molecule has 3 nitrogen and oxygen atoms in total. The van der Waals surface area contributed by atoms with Crippen molar-refractivity contribution in [3.05, 3.63) is 29.8 Å². The molecule has 0 heterocycles. The van der Waals surface area contributed by atoms with E-state index >= 15 is 0 Å². The van der Waals surface area contributed by atoms with E-state index < -0.39 is 0 Å². The maximum absolute atomic E-state index is 12.2. The number of rotatable bonds is 4. The molecule has 2 N–H and O–H groups in total. The summed E-state index contributed by atoms with van der Waals surface area (Å²) in [4.78, 5) is 13.1. The van der Waals surface area contributed by atoms with Crippen molar-refractivity contribution in [2.45, 2.75) is 29.7 Å². The lowest BCUT2D eigenvalue weighted by Gasteiger charge is -2.41. The first-order valence-electron chi connectivity index (χ1n) is 5.77. The third kappa shape index (κ3) is 2.48. The number of hydrogen-bond acceptors (Lipinski definition) is 3. The number of aliphatic hydroxyl groups excluding tert-OH is 1. The number of benzene rings is 1. The molecule has 0 radical (unpaired) electrons. The predicted octanol–water partition coefficient (Wildman–Crippen LogP) is 2.05. The summed E-state index contributed by atoms with van der Waals surface area (Å²) in [5, 5.41) is 12.3. The summed E-state index contributed by atoms with van der Waals surface area (Å²) < 4.78 is 0. The molecule has 0 spiro atoms. The lowest BCUT2D eigenvalue weighted by atomic mass is 9.77. The van der Waals surface area contributed by atoms with Crippen molar-refractivity contribution < 1.29 is 9.90 Å². The topological polar surface area (TPSA) is 49.3 Å². The van der Waals surface area contributed by atoms with Gasteiger partial charge < -0.3 is 10.4 Å². The van der Waals surface area contributed by atoms with Crippen LogP contribution < -0.4 is 5.32 Å². The zero-order chi connectivity index (χ0) is 12.3. The van der Waals surface area contributed by atoms with Gasteiger partial charge in [0, 0.05) is 4.90 Å². The summed E-state index contributed by atoms with van der Waals surface area (Å²) in [5.41, 5.74) is 0.322. The fourth-order valence-corrected chi connectivity index (χ4v) is 2.66. The second-order valence-electron chi connectivity index (χ2n) is 4.45. The molecule has 0 atom stereocenters. The Hall–Kier alpha value is -1.00. The molecule has 0 unspecified atom stereocenters. The minimum Gasteiger partial charge on any atom is -0.394 e. The highest BCUT2D eigenvalue weighted by atomic mass is 32.2. The second-order valence-corrected chi connectivity index (χ2v) is 5.29. The Morgan fingerprint density at radius 3 is 2.71 bits per heavy atom. The van der Waals surface area contributed by atoms with Gasteiger partial charge in [-0.25, -0.2) is 0 Å². The van der Waals surface area contributed by atoms with Gasteiger partial charge in [0.1, 0.15) is 0 Å². The van der Waals surface area contributed by atoms with Gasteiger partial charge in [0.05, 0.1) is 17.7 Å². The molecule has 1 aliphatic carbocycles. The molecular formula is C13H17NO2S. The lowest BCUT2D eigenvalue weighted by Crippen LogP contribution is -2.56. The SMILES string of the molecule is CSc1ccccc1C(=O)NC1(CO)CCC1. The summed E-state index contributed by atoms with van der Waals surface area (Å²) in [5.74, 6) is -0.0799. The zero-order valence-electron chi connectivity index (χ0n) is 9.90. The number of hydrogen-bond donors (Lipinski definition) is 2. The maximum Gasteiger partial charge on any atom is 0.252 e. The molecule has 0 bridgehead atoms. The van der Waals surface area contributed by atoms with Crippen LogP contribution in [0.2, 0.25) is 0 Å². The standard InChI is InChI=1S/C13H17NO2S/c1-17-11-6-3-2-5-10(11)12(16)14-13(9-15)7-4-8-13/h2-3,5-6,15H,4,7-9H2,1H3,(H,14,16). The smallest absolute Gasteiger partial charge is 0.252 e. The lowest BCUT2D eigenvalue weighted by molar-refractivity contribution is 0.0639. The number of nitrogens with one attached hydrogen (secondary N) is 1. The van der Waals surface area contributed by atoms with Crippen molar-refractivity contribution in [2.75, 3.05) is 12.9 Å². The van der Waals surface area contributed by atoms with Gasteiger partial charge in [-0.2, -0.15) is 0 Å². The minimum absolute atomic E-state index is 0.0280. The largest absolute Gasteiger partial charge is 0.394 e. The van der Waals surface area contributed by atoms with Crippen LogP contribution in [0.3, 0.4) is 0 Å². The van der Waals surface area contributed by atoms with Crippen LogP contribution in [-0.2, 0) is 0 Å². The van der Waals surface area contributed by atoms with Crippen LogP contribution in [-0.4, -0.2) is 29.4 Å². The summed E-state index contributed by atoms with van der Waals surface area (Å²) in [7, 11) is 0. The average Bonchev–Trinajstić information content (AvgIpc) is 2.33. The predicted molar refractivity (Wildman–Crippen MR) is 69.4 cm³/mol. The fraction of sp³-hybridized carbons (Fsp3) is 0.462. The molecule has 92 valence electrons. The Morgan fingerprint density at radius 1 is 1.47 bits per heavy atom. The van der Waals surface area contributed by atoms with E-state index in [1.54, 1.807) is 11.8 Å². The van der Waals surface area contributed by atoms with Gasteiger partial charge in [-0.05, 0) is 37.7 Å². The Labute approximate surface area is 106 Å². The van der Waals surface area contributed by atoms with E-state index in [9.17, 15) is 9.90 Å². The monoisotopic (exact) mass is 251 g/mol. The van der Waals surface area contributed by atoms with Crippen LogP contribution in [0.15, 0.2) is 29.2 Å². The molecule has 1 saturated carbocycles. The fourth-order valence-electron chi connectivity index (χ4n) is 2.07. The molecule has 1 aromatic carbocycles. The van der Waals surface area contributed by atoms with E-state index in [4.69, 9.17) is 0 Å². The van der Waals surface area contributed by atoms with Gasteiger partial charge in [-0.1, -0.05) is 12.1 Å². The maximum atomic E-state index is 12.2. The Morgan fingerprint density at radius 2 is 2.18 bits per heavy atom. The first-order valence-corrected chi connectivity index (χ1v) is 7.00. The van der Waals surface area contributed by atoms with Crippen molar-refractivity contribution >= 4 is 17.7 Å². The molecule has 2 rings (SSSR count). The van der Waals surface area contributed by atoms with Crippen LogP contribution in [0, 0.1) is 0 Å². The first kappa shape index (κ1) is 12.5. The molecule has 0 aromatic heterocycles. The van der Waals surface area contributed by atoms with Crippen LogP contribution in [0.5, 0.6) is 0 Å². The number of carbonyl (C=O) groups excluding carboxylic acids is 1. The minimum atomic E-state index is -0.372. The van der Waals surface area contributed by atoms with Crippen LogP contribution in [0.25, 0.3) is 0 Å². The van der Waals surface area contributed by atoms with Crippen molar-refractivity contribution in [1.29, 1.82) is 0 Å². The quantitative estimate of drug-likeness (QED) is 0.805. The third-order valence-electron chi connectivity index (χ3n) is 3.34. The molecule has 0 aliphatic heterocycles. The summed E-state index contributed by atoms with van der Waals surface area (Å²) in [6, 6.07) is 7.55. The Bertz CT molecular complexity index is 410. The van der Waals surface area contributed by atoms with Gasteiger partial charge in [-0.3, -0.25) is 4.79 Å². The van der Waals surface area contributed by atoms with E-state index in [-0.39, 0.29) is 18.1 Å². The Balaban J connectivity index is 2.14. The van der Waals surface area contributed by atoms with E-state index in [1.165, 1.54) is 0 Å². The van der Waals surface area contributed by atoms with Crippen LogP contribution in [0.1, 0.15) is 29.6 Å². The molecular weight excluding hydrogens is 234 g/mol. The first-order chi connectivity index (χ1) is 8.21. The highest BCUT2D eigenvalue weighted by molar-refractivity contribution is 7.98. The number of aliphatic hydroxyl groups is 1. The normalized spacial score (nSPS) is 17.3. The molecule has 0 saturated heterocycles. The van der Waals surface area contributed by atoms with Crippen LogP contribution in [0.4, 0.5) is 0 Å². The van der Waals surface area contributed by atoms with Crippen molar-refractivity contribution in [3.8, 4) is 0 Å². The van der Waals surface area contributed by atoms with Gasteiger partial charge in [0.15, 0.2) is 0 Å². The number of thioether (sulfide) groups is 1. The zero-order valence-corrected chi connectivity index (χ0v) is 10.7. The highest BCUT2D eigenvalue weighted by Gasteiger charge is 2.38. The summed E-state index contributed by atoms with van der Waals surface area (Å²) in [6.07, 6.45) is 4.77. The molecule has 1 aromatic rings. The molecule has 1 aliphatic rings. The summed E-state index contributed by atoms with van der Waals surface area (Å²) in [6.45, 7) is 0.0280. The average molecular weight is 251 g/mol. The van der Waals surface area contributed by atoms with E-state index in [1.807, 2.05) is 30.5 Å². The van der Waals surface area contributed by atoms with Crippen molar-refractivity contribution in [3.63, 3.8) is 0 Å². The summed E-state index contributed by atoms with van der Waals surface area (Å²) >= 11 is 1.56. The molecule has 4 heteroatoms. The van der Waals surface area contributed by atoms with Gasteiger partial charge in [0.2, 0.25) is 0 Å². The molecule has 1 fully saturated rings. The second kappa shape index (κ2) is 5.10. The Kier molecular flexibility index (Phi) is 3.74. The number of carbonyl (C=O) groups is 1. The van der Waals surface area contributed by atoms with Crippen molar-refractivity contribution in [2.24, 2.45) is 0 Å². The molecule has 17 heavy (non-hydrogen) atoms. The van der Waals surface area contributed by atoms with Gasteiger partial charge in [0.25, 0.3) is 5.91 Å². The van der Waals surface area contributed by atoms with Gasteiger partial charge in [-0.15, -0.1) is 11.8 Å². The highest BCUT2D eigenvalue weighted by Crippen LogP contribution is 2.32. The van der Waals surface area contributed by atoms with Crippen LogP contribution >= 0.6 is 11.8 Å². The van der Waals surface area contributed by atoms with E-state index in [0.29, 0.717) is 5.56 Å². The van der Waals surface area contributed by atoms with E-state index in [2.05, 4.69) is 5.32 Å². The molecule has 1 amide bonds. The van der Waals surface area contributed by atoms with Crippen molar-refractivity contribution in [1.82, 2.24) is 5.32 Å².